The molecule has 0 bridgehead atoms. The molecule has 0 spiro atoms. The molecule has 0 aromatic carbocycles. The number of thiocarbonyl (C=S) groups is 1. The summed E-state index contributed by atoms with van der Waals surface area (Å²) in [5, 5.41) is 6.67. The van der Waals surface area contributed by atoms with Crippen LogP contribution in [-0.2, 0) is 16.1 Å². The number of carbonyl (C=O) groups is 1. The fourth-order valence-electron chi connectivity index (χ4n) is 2.21. The molecule has 3 N–H and O–H groups in total. The van der Waals surface area contributed by atoms with Crippen molar-refractivity contribution in [1.29, 1.82) is 0 Å². The third-order valence-electron chi connectivity index (χ3n) is 3.49. The molecule has 0 saturated heterocycles. The van der Waals surface area contributed by atoms with E-state index in [1.54, 1.807) is 0 Å². The summed E-state index contributed by atoms with van der Waals surface area (Å²) >= 11 is 5.20. The highest BCUT2D eigenvalue weighted by Gasteiger charge is 2.05. The third kappa shape index (κ3) is 7.27. The SMILES string of the molecule is COC(=O)CCCCCNC(=S)NCc1c(C)cc(C)[nH]c1=O. The number of H-pyrrole nitrogens is 1. The maximum absolute atomic E-state index is 11.9. The second kappa shape index (κ2) is 9.99. The molecule has 128 valence electrons. The van der Waals surface area contributed by atoms with Gasteiger partial charge in [0.05, 0.1) is 7.11 Å². The number of hydrogen-bond donors (Lipinski definition) is 3. The zero-order chi connectivity index (χ0) is 17.2. The fourth-order valence-corrected chi connectivity index (χ4v) is 2.38. The lowest BCUT2D eigenvalue weighted by molar-refractivity contribution is -0.140. The summed E-state index contributed by atoms with van der Waals surface area (Å²) in [4.78, 5) is 25.6. The minimum atomic E-state index is -0.172. The average Bonchev–Trinajstić information content (AvgIpc) is 2.49. The zero-order valence-electron chi connectivity index (χ0n) is 14.0. The summed E-state index contributed by atoms with van der Waals surface area (Å²) in [7, 11) is 1.40. The molecule has 7 heteroatoms. The first-order valence-electron chi connectivity index (χ1n) is 7.72. The van der Waals surface area contributed by atoms with Gasteiger partial charge < -0.3 is 20.4 Å². The highest BCUT2D eigenvalue weighted by Crippen LogP contribution is 2.03. The van der Waals surface area contributed by atoms with Crippen LogP contribution >= 0.6 is 12.2 Å². The van der Waals surface area contributed by atoms with E-state index in [4.69, 9.17) is 12.2 Å². The molecule has 1 rings (SSSR count). The van der Waals surface area contributed by atoms with E-state index in [-0.39, 0.29) is 11.5 Å². The number of unbranched alkanes of at least 4 members (excludes halogenated alkanes) is 2. The lowest BCUT2D eigenvalue weighted by atomic mass is 10.1. The molecule has 1 aromatic heterocycles. The fraction of sp³-hybridized carbons (Fsp3) is 0.562. The Kier molecular flexibility index (Phi) is 8.32. The smallest absolute Gasteiger partial charge is 0.305 e. The van der Waals surface area contributed by atoms with Gasteiger partial charge in [0.2, 0.25) is 0 Å². The minimum absolute atomic E-state index is 0.0828. The number of esters is 1. The summed E-state index contributed by atoms with van der Waals surface area (Å²) in [6, 6.07) is 1.94. The Bertz CT molecular complexity index is 599. The van der Waals surface area contributed by atoms with Gasteiger partial charge in [0, 0.05) is 30.8 Å². The molecule has 0 fully saturated rings. The van der Waals surface area contributed by atoms with E-state index >= 15 is 0 Å². The van der Waals surface area contributed by atoms with Crippen molar-refractivity contribution >= 4 is 23.3 Å². The molecule has 0 saturated carbocycles. The summed E-state index contributed by atoms with van der Waals surface area (Å²) < 4.78 is 4.58. The molecule has 0 atom stereocenters. The van der Waals surface area contributed by atoms with Gasteiger partial charge in [0.25, 0.3) is 5.56 Å². The number of rotatable bonds is 8. The van der Waals surface area contributed by atoms with Gasteiger partial charge in [0.1, 0.15) is 0 Å². The molecule has 0 amide bonds. The standard InChI is InChI=1S/C16H25N3O3S/c1-11-9-12(2)19-15(21)13(11)10-18-16(23)17-8-6-4-5-7-14(20)22-3/h9H,4-8,10H2,1-3H3,(H,19,21)(H2,17,18,23). The van der Waals surface area contributed by atoms with Crippen LogP contribution in [0.4, 0.5) is 0 Å². The maximum atomic E-state index is 11.9. The van der Waals surface area contributed by atoms with Crippen LogP contribution in [-0.4, -0.2) is 29.7 Å². The van der Waals surface area contributed by atoms with Gasteiger partial charge in [-0.15, -0.1) is 0 Å². The molecule has 23 heavy (non-hydrogen) atoms. The van der Waals surface area contributed by atoms with Crippen molar-refractivity contribution in [2.45, 2.75) is 46.1 Å². The van der Waals surface area contributed by atoms with Crippen LogP contribution in [0.2, 0.25) is 0 Å². The van der Waals surface area contributed by atoms with Crippen molar-refractivity contribution < 1.29 is 9.53 Å². The number of aryl methyl sites for hydroxylation is 2. The molecule has 0 aliphatic rings. The van der Waals surface area contributed by atoms with Gasteiger partial charge in [-0.1, -0.05) is 6.42 Å². The van der Waals surface area contributed by atoms with Crippen molar-refractivity contribution in [3.8, 4) is 0 Å². The Morgan fingerprint density at radius 1 is 1.26 bits per heavy atom. The van der Waals surface area contributed by atoms with Gasteiger partial charge in [-0.2, -0.15) is 0 Å². The van der Waals surface area contributed by atoms with Crippen molar-refractivity contribution in [3.63, 3.8) is 0 Å². The van der Waals surface area contributed by atoms with Crippen LogP contribution in [0, 0.1) is 13.8 Å². The number of methoxy groups -OCH3 is 1. The zero-order valence-corrected chi connectivity index (χ0v) is 14.8. The Hall–Kier alpha value is -1.89. The number of hydrogen-bond acceptors (Lipinski definition) is 4. The molecule has 1 heterocycles. The van der Waals surface area contributed by atoms with Gasteiger partial charge in [-0.25, -0.2) is 0 Å². The van der Waals surface area contributed by atoms with Gasteiger partial charge in [0.15, 0.2) is 5.11 Å². The molecule has 0 unspecified atom stereocenters. The number of nitrogens with one attached hydrogen (secondary N) is 3. The maximum Gasteiger partial charge on any atom is 0.305 e. The second-order valence-corrected chi connectivity index (χ2v) is 5.85. The summed E-state index contributed by atoms with van der Waals surface area (Å²) in [5.41, 5.74) is 2.41. The highest BCUT2D eigenvalue weighted by molar-refractivity contribution is 7.80. The van der Waals surface area contributed by atoms with E-state index in [9.17, 15) is 9.59 Å². The van der Waals surface area contributed by atoms with E-state index < -0.39 is 0 Å². The number of ether oxygens (including phenoxy) is 1. The summed E-state index contributed by atoms with van der Waals surface area (Å²) in [5.74, 6) is -0.172. The van der Waals surface area contributed by atoms with Gasteiger partial charge in [-0.3, -0.25) is 9.59 Å². The molecular weight excluding hydrogens is 314 g/mol. The van der Waals surface area contributed by atoms with Crippen molar-refractivity contribution in [2.24, 2.45) is 0 Å². The van der Waals surface area contributed by atoms with E-state index in [2.05, 4.69) is 20.4 Å². The van der Waals surface area contributed by atoms with Gasteiger partial charge >= 0.3 is 5.97 Å². The molecule has 0 aliphatic carbocycles. The summed E-state index contributed by atoms with van der Waals surface area (Å²) in [6.07, 6.45) is 3.12. The molecule has 0 aliphatic heterocycles. The number of aromatic amines is 1. The lowest BCUT2D eigenvalue weighted by Crippen LogP contribution is -2.36. The van der Waals surface area contributed by atoms with Crippen LogP contribution < -0.4 is 16.2 Å². The van der Waals surface area contributed by atoms with E-state index in [0.717, 1.165) is 37.1 Å². The number of aromatic nitrogens is 1. The first-order chi connectivity index (χ1) is 10.9. The Morgan fingerprint density at radius 2 is 2.00 bits per heavy atom. The summed E-state index contributed by atoms with van der Waals surface area (Å²) in [6.45, 7) is 4.90. The van der Waals surface area contributed by atoms with Crippen LogP contribution in [0.3, 0.4) is 0 Å². The predicted octanol–water partition coefficient (Wildman–Crippen LogP) is 1.69. The third-order valence-corrected chi connectivity index (χ3v) is 3.78. The minimum Gasteiger partial charge on any atom is -0.469 e. The normalized spacial score (nSPS) is 10.2. The van der Waals surface area contributed by atoms with Crippen LogP contribution in [0.25, 0.3) is 0 Å². The second-order valence-electron chi connectivity index (χ2n) is 5.44. The molecule has 6 nitrogen and oxygen atoms in total. The van der Waals surface area contributed by atoms with Crippen molar-refractivity contribution in [1.82, 2.24) is 15.6 Å². The van der Waals surface area contributed by atoms with E-state index in [1.807, 2.05) is 19.9 Å². The average molecular weight is 339 g/mol. The Labute approximate surface area is 142 Å². The quantitative estimate of drug-likeness (QED) is 0.380. The molecule has 0 radical (unpaired) electrons. The molecular formula is C16H25N3O3S. The predicted molar refractivity (Wildman–Crippen MR) is 94.5 cm³/mol. The van der Waals surface area contributed by atoms with E-state index in [1.165, 1.54) is 7.11 Å². The lowest BCUT2D eigenvalue weighted by Gasteiger charge is -2.11. The van der Waals surface area contributed by atoms with Crippen molar-refractivity contribution in [3.05, 3.63) is 33.2 Å². The first kappa shape index (κ1) is 19.2. The molecule has 1 aromatic rings. The number of carbonyl (C=O) groups excluding carboxylic acids is 1. The largest absolute Gasteiger partial charge is 0.469 e. The van der Waals surface area contributed by atoms with E-state index in [0.29, 0.717) is 23.6 Å². The Balaban J connectivity index is 2.23. The van der Waals surface area contributed by atoms with Crippen molar-refractivity contribution in [2.75, 3.05) is 13.7 Å². The van der Waals surface area contributed by atoms with Crippen LogP contribution in [0.1, 0.15) is 42.5 Å². The van der Waals surface area contributed by atoms with Crippen LogP contribution in [0.15, 0.2) is 10.9 Å². The number of pyridine rings is 1. The van der Waals surface area contributed by atoms with Gasteiger partial charge in [-0.05, 0) is 50.5 Å². The first-order valence-corrected chi connectivity index (χ1v) is 8.12. The highest BCUT2D eigenvalue weighted by atomic mass is 32.1. The monoisotopic (exact) mass is 339 g/mol. The Morgan fingerprint density at radius 3 is 2.65 bits per heavy atom. The van der Waals surface area contributed by atoms with Crippen LogP contribution in [0.5, 0.6) is 0 Å². The topological polar surface area (TPSA) is 83.2 Å².